The first kappa shape index (κ1) is 18.7. The molecule has 1 saturated heterocycles. The van der Waals surface area contributed by atoms with Gasteiger partial charge in [0.1, 0.15) is 0 Å². The second-order valence-corrected chi connectivity index (χ2v) is 8.79. The molecule has 0 atom stereocenters. The van der Waals surface area contributed by atoms with Gasteiger partial charge in [-0.1, -0.05) is 18.6 Å². The van der Waals surface area contributed by atoms with Gasteiger partial charge in [0.15, 0.2) is 5.65 Å². The molecule has 148 valence electrons. The highest BCUT2D eigenvalue weighted by atomic mass is 32.2. The topological polar surface area (TPSA) is 88.7 Å². The van der Waals surface area contributed by atoms with E-state index in [1.54, 1.807) is 40.8 Å². The van der Waals surface area contributed by atoms with Crippen LogP contribution in [0.1, 0.15) is 19.3 Å². The molecular formula is C19H23N5O3S. The summed E-state index contributed by atoms with van der Waals surface area (Å²) in [6.45, 7) is 1.99. The average Bonchev–Trinajstić information content (AvgIpc) is 3.05. The van der Waals surface area contributed by atoms with E-state index in [-0.39, 0.29) is 5.69 Å². The summed E-state index contributed by atoms with van der Waals surface area (Å²) in [5.41, 5.74) is 1.11. The maximum Gasteiger partial charge on any atom is 0.350 e. The fourth-order valence-corrected chi connectivity index (χ4v) is 5.00. The predicted molar refractivity (Wildman–Crippen MR) is 107 cm³/mol. The standard InChI is InChI=1S/C19H23N5O3S/c25-19-23-13-5-2-9-18(23)21-24(19)14-10-20-16-7-6-8-17(15-16)28(26,27)22-11-3-1-4-12-22/h2,5-9,13,15,20H,1,3-4,10-12,14H2. The van der Waals surface area contributed by atoms with Crippen LogP contribution in [0.4, 0.5) is 5.69 Å². The van der Waals surface area contributed by atoms with Crippen LogP contribution in [0, 0.1) is 0 Å². The summed E-state index contributed by atoms with van der Waals surface area (Å²) in [5.74, 6) is 0. The van der Waals surface area contributed by atoms with Gasteiger partial charge in [-0.3, -0.25) is 4.40 Å². The van der Waals surface area contributed by atoms with Gasteiger partial charge in [0.05, 0.1) is 11.4 Å². The number of nitrogens with one attached hydrogen (secondary N) is 1. The Morgan fingerprint density at radius 1 is 1.04 bits per heavy atom. The molecule has 0 spiro atoms. The molecule has 0 saturated carbocycles. The molecule has 1 aliphatic rings. The molecule has 1 N–H and O–H groups in total. The molecule has 3 heterocycles. The van der Waals surface area contributed by atoms with Crippen LogP contribution in [0.25, 0.3) is 5.65 Å². The van der Waals surface area contributed by atoms with E-state index >= 15 is 0 Å². The van der Waals surface area contributed by atoms with Crippen molar-refractivity contribution >= 4 is 21.4 Å². The number of piperidine rings is 1. The zero-order valence-electron chi connectivity index (χ0n) is 15.5. The highest BCUT2D eigenvalue weighted by molar-refractivity contribution is 7.89. The van der Waals surface area contributed by atoms with E-state index in [1.807, 2.05) is 12.1 Å². The predicted octanol–water partition coefficient (Wildman–Crippen LogP) is 1.78. The van der Waals surface area contributed by atoms with E-state index in [1.165, 1.54) is 9.08 Å². The molecule has 4 rings (SSSR count). The minimum absolute atomic E-state index is 0.196. The Balaban J connectivity index is 1.45. The van der Waals surface area contributed by atoms with Crippen molar-refractivity contribution in [1.82, 2.24) is 18.5 Å². The molecule has 9 heteroatoms. The number of hydrogen-bond donors (Lipinski definition) is 1. The van der Waals surface area contributed by atoms with Crippen molar-refractivity contribution < 1.29 is 8.42 Å². The minimum atomic E-state index is -3.46. The van der Waals surface area contributed by atoms with E-state index in [9.17, 15) is 13.2 Å². The summed E-state index contributed by atoms with van der Waals surface area (Å²) in [7, 11) is -3.46. The molecule has 28 heavy (non-hydrogen) atoms. The highest BCUT2D eigenvalue weighted by Gasteiger charge is 2.25. The van der Waals surface area contributed by atoms with Crippen LogP contribution in [0.3, 0.4) is 0 Å². The van der Waals surface area contributed by atoms with Gasteiger partial charge in [-0.05, 0) is 43.2 Å². The minimum Gasteiger partial charge on any atom is -0.383 e. The van der Waals surface area contributed by atoms with Gasteiger partial charge in [0, 0.05) is 31.5 Å². The monoisotopic (exact) mass is 401 g/mol. The Morgan fingerprint density at radius 2 is 1.86 bits per heavy atom. The van der Waals surface area contributed by atoms with Crippen molar-refractivity contribution in [3.8, 4) is 0 Å². The van der Waals surface area contributed by atoms with Crippen molar-refractivity contribution in [2.75, 3.05) is 25.0 Å². The molecule has 0 unspecified atom stereocenters. The van der Waals surface area contributed by atoms with Crippen LogP contribution in [0.2, 0.25) is 0 Å². The maximum atomic E-state index is 12.8. The molecule has 0 aliphatic carbocycles. The summed E-state index contributed by atoms with van der Waals surface area (Å²) >= 11 is 0. The third-order valence-electron chi connectivity index (χ3n) is 4.93. The normalized spacial score (nSPS) is 15.7. The van der Waals surface area contributed by atoms with E-state index < -0.39 is 10.0 Å². The van der Waals surface area contributed by atoms with Gasteiger partial charge in [0.25, 0.3) is 0 Å². The molecule has 1 aliphatic heterocycles. The lowest BCUT2D eigenvalue weighted by molar-refractivity contribution is 0.346. The smallest absolute Gasteiger partial charge is 0.350 e. The number of fused-ring (bicyclic) bond motifs is 1. The van der Waals surface area contributed by atoms with Gasteiger partial charge in [-0.25, -0.2) is 17.9 Å². The van der Waals surface area contributed by atoms with E-state index in [4.69, 9.17) is 0 Å². The second-order valence-electron chi connectivity index (χ2n) is 6.85. The Labute approximate surface area is 163 Å². The SMILES string of the molecule is O=c1n(CCNc2cccc(S(=O)(=O)N3CCCCC3)c2)nc2ccccn12. The fourth-order valence-electron chi connectivity index (χ4n) is 3.44. The largest absolute Gasteiger partial charge is 0.383 e. The number of anilines is 1. The van der Waals surface area contributed by atoms with E-state index in [0.29, 0.717) is 42.4 Å². The van der Waals surface area contributed by atoms with Gasteiger partial charge < -0.3 is 5.32 Å². The van der Waals surface area contributed by atoms with Crippen molar-refractivity contribution in [2.45, 2.75) is 30.7 Å². The average molecular weight is 401 g/mol. The second kappa shape index (κ2) is 7.76. The van der Waals surface area contributed by atoms with Crippen molar-refractivity contribution in [3.63, 3.8) is 0 Å². The summed E-state index contributed by atoms with van der Waals surface area (Å²) in [6.07, 6.45) is 4.58. The van der Waals surface area contributed by atoms with Crippen LogP contribution in [0.5, 0.6) is 0 Å². The van der Waals surface area contributed by atoms with E-state index in [0.717, 1.165) is 19.3 Å². The molecule has 1 aromatic carbocycles. The van der Waals surface area contributed by atoms with Crippen LogP contribution >= 0.6 is 0 Å². The zero-order valence-corrected chi connectivity index (χ0v) is 16.3. The third kappa shape index (κ3) is 3.67. The summed E-state index contributed by atoms with van der Waals surface area (Å²) in [6, 6.07) is 12.2. The van der Waals surface area contributed by atoms with Gasteiger partial charge in [-0.15, -0.1) is 5.10 Å². The van der Waals surface area contributed by atoms with Gasteiger partial charge in [0.2, 0.25) is 10.0 Å². The van der Waals surface area contributed by atoms with Crippen molar-refractivity contribution in [2.24, 2.45) is 0 Å². The molecule has 1 fully saturated rings. The fraction of sp³-hybridized carbons (Fsp3) is 0.368. The quantitative estimate of drug-likeness (QED) is 0.680. The Hall–Kier alpha value is -2.65. The first-order valence-corrected chi connectivity index (χ1v) is 10.9. The summed E-state index contributed by atoms with van der Waals surface area (Å²) < 4.78 is 30.1. The molecule has 2 aromatic heterocycles. The third-order valence-corrected chi connectivity index (χ3v) is 6.82. The molecule has 0 bridgehead atoms. The lowest BCUT2D eigenvalue weighted by Crippen LogP contribution is -2.35. The molecule has 3 aromatic rings. The lowest BCUT2D eigenvalue weighted by Gasteiger charge is -2.26. The summed E-state index contributed by atoms with van der Waals surface area (Å²) in [4.78, 5) is 12.6. The number of hydrogen-bond acceptors (Lipinski definition) is 5. The van der Waals surface area contributed by atoms with Crippen LogP contribution in [0.15, 0.2) is 58.4 Å². The maximum absolute atomic E-state index is 12.8. The van der Waals surface area contributed by atoms with Crippen LogP contribution < -0.4 is 11.0 Å². The molecule has 0 amide bonds. The number of benzene rings is 1. The van der Waals surface area contributed by atoms with Gasteiger partial charge >= 0.3 is 5.69 Å². The Morgan fingerprint density at radius 3 is 2.64 bits per heavy atom. The van der Waals surface area contributed by atoms with Crippen molar-refractivity contribution in [1.29, 1.82) is 0 Å². The number of rotatable bonds is 6. The Kier molecular flexibility index (Phi) is 5.19. The summed E-state index contributed by atoms with van der Waals surface area (Å²) in [5, 5.41) is 7.47. The molecular weight excluding hydrogens is 378 g/mol. The highest BCUT2D eigenvalue weighted by Crippen LogP contribution is 2.22. The number of pyridine rings is 1. The number of nitrogens with zero attached hydrogens (tertiary/aromatic N) is 4. The van der Waals surface area contributed by atoms with E-state index in [2.05, 4.69) is 10.4 Å². The lowest BCUT2D eigenvalue weighted by atomic mass is 10.2. The molecule has 8 nitrogen and oxygen atoms in total. The zero-order chi connectivity index (χ0) is 19.6. The van der Waals surface area contributed by atoms with Crippen LogP contribution in [-0.2, 0) is 16.6 Å². The van der Waals surface area contributed by atoms with Crippen molar-refractivity contribution in [3.05, 3.63) is 59.1 Å². The molecule has 0 radical (unpaired) electrons. The number of sulfonamides is 1. The first-order valence-electron chi connectivity index (χ1n) is 9.44. The first-order chi connectivity index (χ1) is 13.6. The van der Waals surface area contributed by atoms with Crippen LogP contribution in [-0.4, -0.2) is 46.5 Å². The number of aromatic nitrogens is 3. The van der Waals surface area contributed by atoms with Gasteiger partial charge in [-0.2, -0.15) is 4.31 Å². The Bertz CT molecular complexity index is 1130.